The minimum Gasteiger partial charge on any atom is -0.462 e. The first-order chi connectivity index (χ1) is 33.9. The third kappa shape index (κ3) is 55.6. The van der Waals surface area contributed by atoms with Crippen LogP contribution in [0.2, 0.25) is 0 Å². The Morgan fingerprint density at radius 3 is 0.754 bits per heavy atom. The molecule has 0 aliphatic carbocycles. The van der Waals surface area contributed by atoms with Crippen LogP contribution in [0.1, 0.15) is 362 Å². The summed E-state index contributed by atoms with van der Waals surface area (Å²) in [4.78, 5) is 38.2. The fourth-order valence-corrected chi connectivity index (χ4v) is 9.78. The highest BCUT2D eigenvalue weighted by Crippen LogP contribution is 2.19. The van der Waals surface area contributed by atoms with Gasteiger partial charge in [-0.3, -0.25) is 14.4 Å². The van der Waals surface area contributed by atoms with E-state index in [0.29, 0.717) is 19.3 Å². The fourth-order valence-electron chi connectivity index (χ4n) is 9.78. The van der Waals surface area contributed by atoms with Crippen LogP contribution in [0.3, 0.4) is 0 Å². The molecule has 0 aromatic heterocycles. The lowest BCUT2D eigenvalue weighted by atomic mass is 9.99. The molecule has 0 amide bonds. The molecule has 0 radical (unpaired) electrons. The van der Waals surface area contributed by atoms with Crippen molar-refractivity contribution in [1.82, 2.24) is 0 Å². The van der Waals surface area contributed by atoms with E-state index in [2.05, 4.69) is 27.7 Å². The van der Waals surface area contributed by atoms with Crippen molar-refractivity contribution < 1.29 is 28.6 Å². The maximum Gasteiger partial charge on any atom is 0.306 e. The highest BCUT2D eigenvalue weighted by Gasteiger charge is 2.19. The van der Waals surface area contributed by atoms with Gasteiger partial charge >= 0.3 is 17.9 Å². The summed E-state index contributed by atoms with van der Waals surface area (Å²) in [7, 11) is 0. The van der Waals surface area contributed by atoms with Gasteiger partial charge in [0.15, 0.2) is 6.10 Å². The molecule has 0 saturated heterocycles. The van der Waals surface area contributed by atoms with Gasteiger partial charge in [0.05, 0.1) is 0 Å². The van der Waals surface area contributed by atoms with E-state index in [0.717, 1.165) is 63.7 Å². The molecule has 0 fully saturated rings. The summed E-state index contributed by atoms with van der Waals surface area (Å²) in [6.45, 7) is 9.12. The van der Waals surface area contributed by atoms with Crippen molar-refractivity contribution in [1.29, 1.82) is 0 Å². The molecule has 69 heavy (non-hydrogen) atoms. The maximum atomic E-state index is 12.9. The van der Waals surface area contributed by atoms with Crippen molar-refractivity contribution in [3.63, 3.8) is 0 Å². The van der Waals surface area contributed by atoms with E-state index in [4.69, 9.17) is 14.2 Å². The largest absolute Gasteiger partial charge is 0.462 e. The zero-order valence-corrected chi connectivity index (χ0v) is 47.3. The monoisotopic (exact) mass is 975 g/mol. The molecule has 0 heterocycles. The molecule has 410 valence electrons. The Bertz CT molecular complexity index is 1040. The summed E-state index contributed by atoms with van der Waals surface area (Å²) >= 11 is 0. The molecule has 6 nitrogen and oxygen atoms in total. The number of carbonyl (C=O) groups is 3. The van der Waals surface area contributed by atoms with Crippen LogP contribution in [-0.4, -0.2) is 37.2 Å². The maximum absolute atomic E-state index is 12.9. The van der Waals surface area contributed by atoms with Gasteiger partial charge in [0.25, 0.3) is 0 Å². The standard InChI is InChI=1S/C63H122O6/c1-5-8-10-12-14-16-18-19-20-21-25-28-31-35-39-43-47-51-55-62(65)68-58-60(57-67-61(64)54-50-46-42-38-33-17-15-13-11-9-6-2)69-63(66)56-52-48-44-40-36-32-29-26-23-22-24-27-30-34-37-41-45-49-53-59(4)7-3/h59-60H,5-58H2,1-4H3/t59?,60-/m1/s1. The Labute approximate surface area is 431 Å². The summed E-state index contributed by atoms with van der Waals surface area (Å²) in [6, 6.07) is 0. The van der Waals surface area contributed by atoms with Crippen molar-refractivity contribution in [3.05, 3.63) is 0 Å². The minimum atomic E-state index is -0.762. The van der Waals surface area contributed by atoms with Crippen LogP contribution in [0.25, 0.3) is 0 Å². The Kier molecular flexibility index (Phi) is 56.0. The van der Waals surface area contributed by atoms with E-state index >= 15 is 0 Å². The van der Waals surface area contributed by atoms with Crippen LogP contribution in [0.4, 0.5) is 0 Å². The quantitative estimate of drug-likeness (QED) is 0.0343. The Morgan fingerprint density at radius 1 is 0.290 bits per heavy atom. The first-order valence-electron chi connectivity index (χ1n) is 31.4. The van der Waals surface area contributed by atoms with Gasteiger partial charge in [0.2, 0.25) is 0 Å². The van der Waals surface area contributed by atoms with Crippen molar-refractivity contribution in [2.45, 2.75) is 368 Å². The van der Waals surface area contributed by atoms with Crippen LogP contribution in [0.5, 0.6) is 0 Å². The minimum absolute atomic E-state index is 0.0613. The molecular formula is C63H122O6. The number of unbranched alkanes of at least 4 members (excludes halogenated alkanes) is 44. The molecule has 6 heteroatoms. The van der Waals surface area contributed by atoms with E-state index in [9.17, 15) is 14.4 Å². The van der Waals surface area contributed by atoms with E-state index in [1.165, 1.54) is 257 Å². The molecule has 0 aliphatic heterocycles. The van der Waals surface area contributed by atoms with Crippen molar-refractivity contribution >= 4 is 17.9 Å². The third-order valence-corrected chi connectivity index (χ3v) is 14.9. The second kappa shape index (κ2) is 57.3. The molecule has 0 bridgehead atoms. The fraction of sp³-hybridized carbons (Fsp3) is 0.952. The molecule has 0 aliphatic rings. The smallest absolute Gasteiger partial charge is 0.306 e. The van der Waals surface area contributed by atoms with Gasteiger partial charge in [-0.25, -0.2) is 0 Å². The van der Waals surface area contributed by atoms with E-state index < -0.39 is 6.10 Å². The highest BCUT2D eigenvalue weighted by atomic mass is 16.6. The molecule has 0 aromatic carbocycles. The van der Waals surface area contributed by atoms with E-state index in [1.54, 1.807) is 0 Å². The molecule has 2 atom stereocenters. The molecule has 0 aromatic rings. The van der Waals surface area contributed by atoms with Crippen LogP contribution in [0.15, 0.2) is 0 Å². The predicted octanol–water partition coefficient (Wildman–Crippen LogP) is 21.0. The van der Waals surface area contributed by atoms with Crippen molar-refractivity contribution in [2.75, 3.05) is 13.2 Å². The number of ether oxygens (including phenoxy) is 3. The average molecular weight is 976 g/mol. The summed E-state index contributed by atoms with van der Waals surface area (Å²) in [5.41, 5.74) is 0. The number of carbonyl (C=O) groups excluding carboxylic acids is 3. The molecular weight excluding hydrogens is 853 g/mol. The SMILES string of the molecule is CCCCCCCCCCCCCCCCCCCCC(=O)OC[C@@H](COC(=O)CCCCCCCCCCCCC)OC(=O)CCCCCCCCCCCCCCCCCCCCC(C)CC. The Hall–Kier alpha value is -1.59. The summed E-state index contributed by atoms with van der Waals surface area (Å²) in [5.74, 6) is 0.0784. The lowest BCUT2D eigenvalue weighted by molar-refractivity contribution is -0.167. The van der Waals surface area contributed by atoms with Gasteiger partial charge in [-0.1, -0.05) is 323 Å². The lowest BCUT2D eigenvalue weighted by Crippen LogP contribution is -2.30. The Balaban J connectivity index is 4.21. The number of rotatable bonds is 58. The first kappa shape index (κ1) is 67.4. The van der Waals surface area contributed by atoms with Crippen LogP contribution in [0, 0.1) is 5.92 Å². The zero-order chi connectivity index (χ0) is 50.2. The van der Waals surface area contributed by atoms with Crippen LogP contribution >= 0.6 is 0 Å². The lowest BCUT2D eigenvalue weighted by Gasteiger charge is -2.18. The van der Waals surface area contributed by atoms with Crippen LogP contribution in [-0.2, 0) is 28.6 Å². The second-order valence-corrected chi connectivity index (χ2v) is 21.9. The van der Waals surface area contributed by atoms with Crippen molar-refractivity contribution in [3.8, 4) is 0 Å². The molecule has 0 saturated carbocycles. The second-order valence-electron chi connectivity index (χ2n) is 21.9. The van der Waals surface area contributed by atoms with Gasteiger partial charge in [-0.2, -0.15) is 0 Å². The Morgan fingerprint density at radius 2 is 0.507 bits per heavy atom. The summed E-state index contributed by atoms with van der Waals surface area (Å²) < 4.78 is 16.9. The molecule has 0 spiro atoms. The van der Waals surface area contributed by atoms with Crippen molar-refractivity contribution in [2.24, 2.45) is 5.92 Å². The van der Waals surface area contributed by atoms with E-state index in [1.807, 2.05) is 0 Å². The number of esters is 3. The third-order valence-electron chi connectivity index (χ3n) is 14.9. The van der Waals surface area contributed by atoms with Gasteiger partial charge in [0, 0.05) is 19.3 Å². The van der Waals surface area contributed by atoms with E-state index in [-0.39, 0.29) is 31.1 Å². The summed E-state index contributed by atoms with van der Waals surface area (Å²) in [5, 5.41) is 0. The van der Waals surface area contributed by atoms with Gasteiger partial charge in [0.1, 0.15) is 13.2 Å². The zero-order valence-electron chi connectivity index (χ0n) is 47.3. The predicted molar refractivity (Wildman–Crippen MR) is 298 cm³/mol. The highest BCUT2D eigenvalue weighted by molar-refractivity contribution is 5.71. The summed E-state index contributed by atoms with van der Waals surface area (Å²) in [6.07, 6.45) is 63.9. The average Bonchev–Trinajstić information content (AvgIpc) is 3.35. The van der Waals surface area contributed by atoms with Gasteiger partial charge < -0.3 is 14.2 Å². The number of hydrogen-bond donors (Lipinski definition) is 0. The number of hydrogen-bond acceptors (Lipinski definition) is 6. The normalized spacial score (nSPS) is 12.3. The van der Waals surface area contributed by atoms with Gasteiger partial charge in [-0.05, 0) is 25.2 Å². The van der Waals surface area contributed by atoms with Gasteiger partial charge in [-0.15, -0.1) is 0 Å². The molecule has 0 rings (SSSR count). The topological polar surface area (TPSA) is 78.9 Å². The first-order valence-corrected chi connectivity index (χ1v) is 31.4. The molecule has 1 unspecified atom stereocenters. The molecule has 0 N–H and O–H groups in total. The van der Waals surface area contributed by atoms with Crippen LogP contribution < -0.4 is 0 Å².